The van der Waals surface area contributed by atoms with Gasteiger partial charge in [-0.15, -0.1) is 12.4 Å². The number of carbonyl (C=O) groups is 3. The van der Waals surface area contributed by atoms with Gasteiger partial charge >= 0.3 is 0 Å². The van der Waals surface area contributed by atoms with Gasteiger partial charge in [0.2, 0.25) is 17.7 Å². The van der Waals surface area contributed by atoms with Gasteiger partial charge in [0.15, 0.2) is 0 Å². The normalized spacial score (nSPS) is 15.3. The molecule has 0 aliphatic carbocycles. The van der Waals surface area contributed by atoms with Crippen LogP contribution in [0.2, 0.25) is 0 Å². The summed E-state index contributed by atoms with van der Waals surface area (Å²) in [7, 11) is 0. The molecule has 3 unspecified atom stereocenters. The molecule has 0 fully saturated rings. The first kappa shape index (κ1) is 41.1. The Morgan fingerprint density at radius 1 is 0.804 bits per heavy atom. The van der Waals surface area contributed by atoms with Crippen molar-refractivity contribution in [3.63, 3.8) is 0 Å². The van der Waals surface area contributed by atoms with E-state index in [1.54, 1.807) is 6.92 Å². The minimum absolute atomic E-state index is 0. The first-order valence-corrected chi connectivity index (χ1v) is 16.5. The van der Waals surface area contributed by atoms with Gasteiger partial charge in [0.05, 0.1) is 24.9 Å². The molecule has 7 N–H and O–H groups in total. The molecule has 0 radical (unpaired) electrons. The maximum Gasteiger partial charge on any atom is 0.242 e. The van der Waals surface area contributed by atoms with Crippen molar-refractivity contribution in [2.45, 2.75) is 110 Å². The van der Waals surface area contributed by atoms with E-state index in [1.807, 2.05) is 77.1 Å². The highest BCUT2D eigenvalue weighted by atomic mass is 35.5. The zero-order valence-electron chi connectivity index (χ0n) is 28.3. The first-order valence-electron chi connectivity index (χ1n) is 16.5. The Morgan fingerprint density at radius 3 is 2.11 bits per heavy atom. The van der Waals surface area contributed by atoms with Crippen LogP contribution in [0.25, 0.3) is 10.8 Å². The summed E-state index contributed by atoms with van der Waals surface area (Å²) in [5.41, 5.74) is 0.823. The molecule has 0 saturated heterocycles. The Morgan fingerprint density at radius 2 is 1.48 bits per heavy atom. The molecular formula is C35H57ClN4O6. The second-order valence-corrected chi connectivity index (χ2v) is 13.1. The Balaban J connectivity index is 0.0000106. The van der Waals surface area contributed by atoms with Gasteiger partial charge in [-0.2, -0.15) is 0 Å². The maximum absolute atomic E-state index is 13.6. The number of aliphatic hydroxyl groups is 3. The van der Waals surface area contributed by atoms with Crippen LogP contribution in [0, 0.1) is 17.8 Å². The molecule has 260 valence electrons. The van der Waals surface area contributed by atoms with E-state index in [0.717, 1.165) is 29.3 Å². The number of rotatable bonds is 20. The predicted molar refractivity (Wildman–Crippen MR) is 187 cm³/mol. The molecule has 0 saturated carbocycles. The number of nitrogens with one attached hydrogen (secondary N) is 4. The van der Waals surface area contributed by atoms with E-state index in [2.05, 4.69) is 21.3 Å². The molecule has 46 heavy (non-hydrogen) atoms. The van der Waals surface area contributed by atoms with Crippen LogP contribution in [0.4, 0.5) is 5.69 Å². The number of hydrogen-bond donors (Lipinski definition) is 7. The number of fused-ring (bicyclic) bond motifs is 1. The fraction of sp³-hybridized carbons (Fsp3) is 0.629. The Bertz CT molecular complexity index is 1210. The zero-order chi connectivity index (χ0) is 33.5. The van der Waals surface area contributed by atoms with Crippen LogP contribution in [0.5, 0.6) is 0 Å². The Hall–Kier alpha value is -2.92. The van der Waals surface area contributed by atoms with Crippen LogP contribution < -0.4 is 21.3 Å². The molecular weight excluding hydrogens is 608 g/mol. The van der Waals surface area contributed by atoms with Crippen LogP contribution in [0.3, 0.4) is 0 Å². The second kappa shape index (κ2) is 21.1. The summed E-state index contributed by atoms with van der Waals surface area (Å²) in [6, 6.07) is 11.6. The van der Waals surface area contributed by atoms with E-state index in [-0.39, 0.29) is 48.9 Å². The third-order valence-corrected chi connectivity index (χ3v) is 7.90. The number of benzene rings is 2. The van der Waals surface area contributed by atoms with E-state index < -0.39 is 48.8 Å². The highest BCUT2D eigenvalue weighted by Gasteiger charge is 2.32. The van der Waals surface area contributed by atoms with Crippen molar-refractivity contribution in [1.82, 2.24) is 16.0 Å². The average molecular weight is 665 g/mol. The summed E-state index contributed by atoms with van der Waals surface area (Å²) in [5, 5.41) is 44.9. The van der Waals surface area contributed by atoms with E-state index >= 15 is 0 Å². The smallest absolute Gasteiger partial charge is 0.242 e. The lowest BCUT2D eigenvalue weighted by Gasteiger charge is -2.31. The van der Waals surface area contributed by atoms with Crippen molar-refractivity contribution in [3.05, 3.63) is 42.5 Å². The van der Waals surface area contributed by atoms with Crippen molar-refractivity contribution in [2.75, 3.05) is 18.5 Å². The molecule has 10 nitrogen and oxygen atoms in total. The van der Waals surface area contributed by atoms with Crippen LogP contribution in [0.1, 0.15) is 80.1 Å². The molecule has 0 bridgehead atoms. The van der Waals surface area contributed by atoms with Gasteiger partial charge in [-0.25, -0.2) is 0 Å². The summed E-state index contributed by atoms with van der Waals surface area (Å²) in [6.45, 7) is 11.6. The standard InChI is InChI=1S/C35H56N4O6.ClH/c1-7-8-15-30(38-33(43)24(6)37-29-16-11-13-25-12-9-10-14-28(25)29)35(45)39-31(17-22(2)3)32(42)19-26(18-27(41)21-40)34(44)36-20-23(4)5;/h9-14,16,22-24,26-27,30-32,37,40-42H,7-8,15,17-21H2,1-6H3,(H,36,44)(H,38,43)(H,39,45);1H/t24?,26?,27?,30-,31-,32-;/m0./s1. The van der Waals surface area contributed by atoms with Gasteiger partial charge in [-0.3, -0.25) is 14.4 Å². The van der Waals surface area contributed by atoms with Crippen LogP contribution in [0.15, 0.2) is 42.5 Å². The van der Waals surface area contributed by atoms with Gasteiger partial charge in [0.1, 0.15) is 12.1 Å². The number of halogens is 1. The average Bonchev–Trinajstić information content (AvgIpc) is 3.00. The van der Waals surface area contributed by atoms with Gasteiger partial charge in [0, 0.05) is 23.5 Å². The van der Waals surface area contributed by atoms with Crippen LogP contribution >= 0.6 is 12.4 Å². The fourth-order valence-electron chi connectivity index (χ4n) is 5.35. The van der Waals surface area contributed by atoms with Crippen molar-refractivity contribution in [1.29, 1.82) is 0 Å². The summed E-state index contributed by atoms with van der Waals surface area (Å²) in [4.78, 5) is 39.9. The Labute approximate surface area is 280 Å². The van der Waals surface area contributed by atoms with Crippen LogP contribution in [-0.4, -0.2) is 76.5 Å². The van der Waals surface area contributed by atoms with E-state index in [9.17, 15) is 29.7 Å². The number of carbonyl (C=O) groups excluding carboxylic acids is 3. The molecule has 3 amide bonds. The minimum Gasteiger partial charge on any atom is -0.394 e. The fourth-order valence-corrected chi connectivity index (χ4v) is 5.35. The van der Waals surface area contributed by atoms with E-state index in [0.29, 0.717) is 19.4 Å². The molecule has 2 aromatic rings. The molecule has 2 rings (SSSR count). The molecule has 0 aromatic heterocycles. The highest BCUT2D eigenvalue weighted by Crippen LogP contribution is 2.24. The lowest BCUT2D eigenvalue weighted by atomic mass is 9.88. The number of anilines is 1. The summed E-state index contributed by atoms with van der Waals surface area (Å²) in [6.07, 6.45) is 0.216. The minimum atomic E-state index is -1.11. The van der Waals surface area contributed by atoms with E-state index in [4.69, 9.17) is 0 Å². The summed E-state index contributed by atoms with van der Waals surface area (Å²) < 4.78 is 0. The topological polar surface area (TPSA) is 160 Å². The number of unbranched alkanes of at least 4 members (excludes halogenated alkanes) is 1. The van der Waals surface area contributed by atoms with Crippen molar-refractivity contribution in [3.8, 4) is 0 Å². The molecule has 0 aliphatic rings. The Kier molecular flexibility index (Phi) is 18.8. The number of hydrogen-bond acceptors (Lipinski definition) is 7. The lowest BCUT2D eigenvalue weighted by molar-refractivity contribution is -0.131. The number of aliphatic hydroxyl groups excluding tert-OH is 3. The third kappa shape index (κ3) is 13.8. The van der Waals surface area contributed by atoms with Crippen LogP contribution in [-0.2, 0) is 14.4 Å². The summed E-state index contributed by atoms with van der Waals surface area (Å²) >= 11 is 0. The van der Waals surface area contributed by atoms with Gasteiger partial charge < -0.3 is 36.6 Å². The monoisotopic (exact) mass is 664 g/mol. The SMILES string of the molecule is CCCC[C@H](NC(=O)C(C)Nc1cccc2ccccc12)C(=O)N[C@@H](CC(C)C)[C@@H](O)CC(CC(O)CO)C(=O)NCC(C)C.Cl. The lowest BCUT2D eigenvalue weighted by Crippen LogP contribution is -2.55. The molecule has 0 spiro atoms. The molecule has 11 heteroatoms. The largest absolute Gasteiger partial charge is 0.394 e. The molecule has 6 atom stereocenters. The molecule has 2 aromatic carbocycles. The number of amides is 3. The van der Waals surface area contributed by atoms with Crippen molar-refractivity contribution in [2.24, 2.45) is 17.8 Å². The highest BCUT2D eigenvalue weighted by molar-refractivity contribution is 5.96. The first-order chi connectivity index (χ1) is 21.4. The van der Waals surface area contributed by atoms with Gasteiger partial charge in [-0.05, 0) is 55.9 Å². The van der Waals surface area contributed by atoms with Gasteiger partial charge in [-0.1, -0.05) is 83.9 Å². The molecule has 0 aliphatic heterocycles. The quantitative estimate of drug-likeness (QED) is 0.112. The van der Waals surface area contributed by atoms with E-state index in [1.165, 1.54) is 0 Å². The predicted octanol–water partition coefficient (Wildman–Crippen LogP) is 4.15. The maximum atomic E-state index is 13.6. The second-order valence-electron chi connectivity index (χ2n) is 13.1. The van der Waals surface area contributed by atoms with Gasteiger partial charge in [0.25, 0.3) is 0 Å². The van der Waals surface area contributed by atoms with Crippen molar-refractivity contribution >= 4 is 46.6 Å². The molecule has 0 heterocycles. The third-order valence-electron chi connectivity index (χ3n) is 7.90. The zero-order valence-corrected chi connectivity index (χ0v) is 29.1. The van der Waals surface area contributed by atoms with Crippen molar-refractivity contribution < 1.29 is 29.7 Å². The summed E-state index contributed by atoms with van der Waals surface area (Å²) in [5.74, 6) is -1.45.